The minimum absolute atomic E-state index is 0.157. The first-order valence-corrected chi connectivity index (χ1v) is 9.72. The van der Waals surface area contributed by atoms with Crippen molar-refractivity contribution < 1.29 is 22.6 Å². The number of benzene rings is 1. The Morgan fingerprint density at radius 3 is 2.73 bits per heavy atom. The Bertz CT molecular complexity index is 1060. The zero-order valence-electron chi connectivity index (χ0n) is 13.8. The van der Waals surface area contributed by atoms with Crippen LogP contribution in [0.25, 0.3) is 0 Å². The molecule has 1 spiro atoms. The van der Waals surface area contributed by atoms with E-state index in [0.29, 0.717) is 41.0 Å². The number of aromatic nitrogens is 1. The molecule has 0 N–H and O–H groups in total. The monoisotopic (exact) mass is 370 g/mol. The van der Waals surface area contributed by atoms with Crippen molar-refractivity contribution in [3.8, 4) is 17.6 Å². The van der Waals surface area contributed by atoms with Gasteiger partial charge in [0.15, 0.2) is 9.84 Å². The minimum Gasteiger partial charge on any atom is -0.455 e. The molecule has 0 fully saturated rings. The molecule has 7 nitrogen and oxygen atoms in total. The molecule has 1 aromatic heterocycles. The van der Waals surface area contributed by atoms with Crippen LogP contribution in [0.5, 0.6) is 11.5 Å². The summed E-state index contributed by atoms with van der Waals surface area (Å²) < 4.78 is 41.7. The lowest BCUT2D eigenvalue weighted by Crippen LogP contribution is -2.25. The van der Waals surface area contributed by atoms with Gasteiger partial charge in [0.2, 0.25) is 0 Å². The number of rotatable bonds is 3. The molecule has 132 valence electrons. The van der Waals surface area contributed by atoms with Gasteiger partial charge in [-0.2, -0.15) is 5.26 Å². The van der Waals surface area contributed by atoms with Crippen LogP contribution in [0.4, 0.5) is 0 Å². The van der Waals surface area contributed by atoms with Gasteiger partial charge in [-0.1, -0.05) is 0 Å². The van der Waals surface area contributed by atoms with Gasteiger partial charge < -0.3 is 14.2 Å². The molecule has 2 heterocycles. The van der Waals surface area contributed by atoms with Crippen LogP contribution in [0.3, 0.4) is 0 Å². The molecule has 0 saturated heterocycles. The van der Waals surface area contributed by atoms with Crippen LogP contribution < -0.4 is 4.74 Å². The van der Waals surface area contributed by atoms with Crippen LogP contribution in [0.15, 0.2) is 48.0 Å². The summed E-state index contributed by atoms with van der Waals surface area (Å²) in [5, 5.41) is 9.00. The standard InChI is InChI=1S/C18H14N2O5S/c1-26(21,22)16-3-2-15(25-13-8-12(9-19)10-20-11-13)14-4-5-18(17(14)16)23-6-7-24-18/h2-3,6-8,10-11H,4-5H2,1H3. The van der Waals surface area contributed by atoms with Crippen LogP contribution in [0.2, 0.25) is 0 Å². The fourth-order valence-corrected chi connectivity index (χ4v) is 4.26. The summed E-state index contributed by atoms with van der Waals surface area (Å²) in [6.45, 7) is 0. The predicted octanol–water partition coefficient (Wildman–Crippen LogP) is 2.77. The van der Waals surface area contributed by atoms with Gasteiger partial charge in [0.05, 0.1) is 22.2 Å². The molecule has 26 heavy (non-hydrogen) atoms. The first kappa shape index (κ1) is 16.4. The third-order valence-corrected chi connectivity index (χ3v) is 5.50. The number of ether oxygens (including phenoxy) is 3. The van der Waals surface area contributed by atoms with Crippen LogP contribution >= 0.6 is 0 Å². The molecule has 4 rings (SSSR count). The van der Waals surface area contributed by atoms with Crippen molar-refractivity contribution in [3.05, 3.63) is 59.8 Å². The summed E-state index contributed by atoms with van der Waals surface area (Å²) in [7, 11) is -3.49. The lowest BCUT2D eigenvalue weighted by atomic mass is 10.1. The highest BCUT2D eigenvalue weighted by molar-refractivity contribution is 7.90. The van der Waals surface area contributed by atoms with Gasteiger partial charge >= 0.3 is 0 Å². The molecule has 1 aliphatic heterocycles. The number of fused-ring (bicyclic) bond motifs is 2. The van der Waals surface area contributed by atoms with E-state index in [1.165, 1.54) is 31.0 Å². The van der Waals surface area contributed by atoms with Crippen LogP contribution in [0.1, 0.15) is 23.1 Å². The van der Waals surface area contributed by atoms with Gasteiger partial charge in [0.1, 0.15) is 30.1 Å². The van der Waals surface area contributed by atoms with Crippen molar-refractivity contribution in [3.63, 3.8) is 0 Å². The molecule has 0 amide bonds. The fraction of sp³-hybridized carbons (Fsp3) is 0.222. The predicted molar refractivity (Wildman–Crippen MR) is 89.9 cm³/mol. The lowest BCUT2D eigenvalue weighted by molar-refractivity contribution is -0.148. The van der Waals surface area contributed by atoms with E-state index in [4.69, 9.17) is 19.5 Å². The normalized spacial score (nSPS) is 16.6. The van der Waals surface area contributed by atoms with Gasteiger partial charge in [0, 0.05) is 30.5 Å². The molecule has 0 bridgehead atoms. The topological polar surface area (TPSA) is 98.5 Å². The lowest BCUT2D eigenvalue weighted by Gasteiger charge is -2.25. The first-order chi connectivity index (χ1) is 12.4. The number of nitrogens with zero attached hydrogens (tertiary/aromatic N) is 2. The fourth-order valence-electron chi connectivity index (χ4n) is 3.29. The quantitative estimate of drug-likeness (QED) is 0.819. The van der Waals surface area contributed by atoms with Gasteiger partial charge in [-0.15, -0.1) is 0 Å². The maximum Gasteiger partial charge on any atom is 0.278 e. The number of sulfone groups is 1. The van der Waals surface area contributed by atoms with E-state index in [2.05, 4.69) is 4.98 Å². The van der Waals surface area contributed by atoms with Crippen LogP contribution in [-0.4, -0.2) is 19.7 Å². The molecular formula is C18H14N2O5S. The molecule has 0 radical (unpaired) electrons. The van der Waals surface area contributed by atoms with E-state index < -0.39 is 15.6 Å². The minimum atomic E-state index is -3.49. The van der Waals surface area contributed by atoms with Crippen molar-refractivity contribution in [2.75, 3.05) is 6.26 Å². The zero-order chi connectivity index (χ0) is 18.4. The summed E-state index contributed by atoms with van der Waals surface area (Å²) in [5.74, 6) is -0.259. The Labute approximate surface area is 150 Å². The summed E-state index contributed by atoms with van der Waals surface area (Å²) in [6.07, 6.45) is 7.90. The molecule has 8 heteroatoms. The van der Waals surface area contributed by atoms with Crippen LogP contribution in [-0.2, 0) is 31.5 Å². The van der Waals surface area contributed by atoms with Gasteiger partial charge in [0.25, 0.3) is 5.79 Å². The summed E-state index contributed by atoms with van der Waals surface area (Å²) in [4.78, 5) is 4.13. The Balaban J connectivity index is 1.84. The van der Waals surface area contributed by atoms with E-state index in [-0.39, 0.29) is 4.90 Å². The summed E-state index contributed by atoms with van der Waals surface area (Å²) in [5.41, 5.74) is 1.54. The third kappa shape index (κ3) is 2.57. The Kier molecular flexibility index (Phi) is 3.63. The van der Waals surface area contributed by atoms with E-state index in [1.54, 1.807) is 12.1 Å². The second-order valence-electron chi connectivity index (χ2n) is 6.07. The van der Waals surface area contributed by atoms with Gasteiger partial charge in [-0.05, 0) is 18.6 Å². The molecule has 0 saturated carbocycles. The number of pyridine rings is 1. The highest BCUT2D eigenvalue weighted by Crippen LogP contribution is 2.50. The zero-order valence-corrected chi connectivity index (χ0v) is 14.6. The molecule has 1 aromatic carbocycles. The molecule has 2 aliphatic rings. The molecule has 1 aliphatic carbocycles. The SMILES string of the molecule is CS(=O)(=O)c1ccc(Oc2cncc(C#N)c2)c2c1C1(CC2)OC=CO1. The third-order valence-electron chi connectivity index (χ3n) is 4.36. The number of hydrogen-bond acceptors (Lipinski definition) is 7. The highest BCUT2D eigenvalue weighted by Gasteiger charge is 2.48. The number of hydrogen-bond donors (Lipinski definition) is 0. The van der Waals surface area contributed by atoms with Crippen molar-refractivity contribution in [2.24, 2.45) is 0 Å². The van der Waals surface area contributed by atoms with Crippen molar-refractivity contribution >= 4 is 9.84 Å². The molecule has 0 atom stereocenters. The second-order valence-corrected chi connectivity index (χ2v) is 8.06. The van der Waals surface area contributed by atoms with E-state index in [1.807, 2.05) is 6.07 Å². The highest BCUT2D eigenvalue weighted by atomic mass is 32.2. The first-order valence-electron chi connectivity index (χ1n) is 7.83. The van der Waals surface area contributed by atoms with Gasteiger partial charge in [-0.3, -0.25) is 4.98 Å². The Hall–Kier alpha value is -3.05. The van der Waals surface area contributed by atoms with Gasteiger partial charge in [-0.25, -0.2) is 8.42 Å². The smallest absolute Gasteiger partial charge is 0.278 e. The van der Waals surface area contributed by atoms with Crippen molar-refractivity contribution in [2.45, 2.75) is 23.5 Å². The van der Waals surface area contributed by atoms with Crippen molar-refractivity contribution in [1.82, 2.24) is 4.98 Å². The summed E-state index contributed by atoms with van der Waals surface area (Å²) >= 11 is 0. The maximum absolute atomic E-state index is 12.3. The Morgan fingerprint density at radius 1 is 1.27 bits per heavy atom. The summed E-state index contributed by atoms with van der Waals surface area (Å²) in [6, 6.07) is 6.67. The average Bonchev–Trinajstić information content (AvgIpc) is 3.23. The second kappa shape index (κ2) is 5.75. The van der Waals surface area contributed by atoms with E-state index in [0.717, 1.165) is 6.26 Å². The Morgan fingerprint density at radius 2 is 2.04 bits per heavy atom. The molecule has 2 aromatic rings. The van der Waals surface area contributed by atoms with Crippen molar-refractivity contribution in [1.29, 1.82) is 5.26 Å². The average molecular weight is 370 g/mol. The van der Waals surface area contributed by atoms with E-state index >= 15 is 0 Å². The molecule has 0 unspecified atom stereocenters. The van der Waals surface area contributed by atoms with E-state index in [9.17, 15) is 8.42 Å². The van der Waals surface area contributed by atoms with Crippen LogP contribution in [0, 0.1) is 11.3 Å². The maximum atomic E-state index is 12.3. The molecular weight excluding hydrogens is 356 g/mol. The number of nitriles is 1. The largest absolute Gasteiger partial charge is 0.455 e.